The minimum atomic E-state index is -0.291. The Hall–Kier alpha value is -4.30. The fourth-order valence-corrected chi connectivity index (χ4v) is 4.27. The van der Waals surface area contributed by atoms with E-state index in [0.717, 1.165) is 16.7 Å². The van der Waals surface area contributed by atoms with Crippen molar-refractivity contribution in [2.75, 3.05) is 13.7 Å². The number of amides is 1. The molecule has 4 rings (SSSR count). The molecule has 0 spiro atoms. The summed E-state index contributed by atoms with van der Waals surface area (Å²) in [7, 11) is 1.57. The number of halogens is 1. The summed E-state index contributed by atoms with van der Waals surface area (Å²) < 4.78 is 24.2. The van der Waals surface area contributed by atoms with Crippen molar-refractivity contribution in [3.05, 3.63) is 118 Å². The molecule has 4 aromatic carbocycles. The highest BCUT2D eigenvalue weighted by Crippen LogP contribution is 2.37. The van der Waals surface area contributed by atoms with Gasteiger partial charge in [-0.05, 0) is 75.9 Å². The summed E-state index contributed by atoms with van der Waals surface area (Å²) in [6.45, 7) is 3.19. The standard InChI is InChI=1S/C31H29BrN2O5/c1-3-37-28-17-23(14-15-27(28)38-20-22-10-6-4-7-11-22)21-39-30-26(32)16-24(18-29(30)36-2)19-33-34-31(35)25-12-8-5-9-13-25/h4-19H,3,20-21H2,1-2H3,(H,34,35)/b33-19+. The highest BCUT2D eigenvalue weighted by Gasteiger charge is 2.13. The molecule has 8 heteroatoms. The zero-order valence-corrected chi connectivity index (χ0v) is 23.3. The number of ether oxygens (including phenoxy) is 4. The quantitative estimate of drug-likeness (QED) is 0.146. The molecule has 0 bridgehead atoms. The summed E-state index contributed by atoms with van der Waals surface area (Å²) in [4.78, 5) is 12.2. The Balaban J connectivity index is 1.41. The minimum Gasteiger partial charge on any atom is -0.493 e. The van der Waals surface area contributed by atoms with E-state index in [-0.39, 0.29) is 12.5 Å². The van der Waals surface area contributed by atoms with E-state index >= 15 is 0 Å². The second-order valence-electron chi connectivity index (χ2n) is 8.38. The highest BCUT2D eigenvalue weighted by atomic mass is 79.9. The van der Waals surface area contributed by atoms with Crippen LogP contribution in [-0.2, 0) is 13.2 Å². The Bertz CT molecular complexity index is 1410. The Kier molecular flexibility index (Phi) is 9.97. The van der Waals surface area contributed by atoms with Crippen LogP contribution in [0.3, 0.4) is 0 Å². The third-order valence-electron chi connectivity index (χ3n) is 5.60. The molecule has 0 aliphatic rings. The summed E-state index contributed by atoms with van der Waals surface area (Å²) in [5.41, 5.74) is 5.76. The van der Waals surface area contributed by atoms with Crippen molar-refractivity contribution in [2.24, 2.45) is 5.10 Å². The predicted octanol–water partition coefficient (Wildman–Crippen LogP) is 6.78. The van der Waals surface area contributed by atoms with Gasteiger partial charge in [0.15, 0.2) is 23.0 Å². The van der Waals surface area contributed by atoms with Gasteiger partial charge in [-0.3, -0.25) is 4.79 Å². The zero-order chi connectivity index (χ0) is 27.5. The van der Waals surface area contributed by atoms with Gasteiger partial charge in [0.05, 0.1) is 24.4 Å². The summed E-state index contributed by atoms with van der Waals surface area (Å²) in [6, 6.07) is 28.2. The Labute approximate surface area is 236 Å². The Morgan fingerprint density at radius 3 is 2.26 bits per heavy atom. The lowest BCUT2D eigenvalue weighted by Crippen LogP contribution is -2.17. The van der Waals surface area contributed by atoms with Crippen molar-refractivity contribution in [1.82, 2.24) is 5.43 Å². The summed E-state index contributed by atoms with van der Waals surface area (Å²) in [5.74, 6) is 2.11. The molecule has 0 aliphatic carbocycles. The van der Waals surface area contributed by atoms with Crippen molar-refractivity contribution in [1.29, 1.82) is 0 Å². The first-order valence-electron chi connectivity index (χ1n) is 12.4. The van der Waals surface area contributed by atoms with Crippen molar-refractivity contribution in [2.45, 2.75) is 20.1 Å². The SMILES string of the molecule is CCOc1cc(COc2c(Br)cc(/C=N/NC(=O)c3ccccc3)cc2OC)ccc1OCc1ccccc1. The lowest BCUT2D eigenvalue weighted by atomic mass is 10.2. The predicted molar refractivity (Wildman–Crippen MR) is 155 cm³/mol. The van der Waals surface area contributed by atoms with Gasteiger partial charge in [-0.2, -0.15) is 5.10 Å². The lowest BCUT2D eigenvalue weighted by Gasteiger charge is -2.16. The van der Waals surface area contributed by atoms with E-state index in [1.165, 1.54) is 0 Å². The first-order valence-corrected chi connectivity index (χ1v) is 13.2. The van der Waals surface area contributed by atoms with Gasteiger partial charge < -0.3 is 18.9 Å². The summed E-state index contributed by atoms with van der Waals surface area (Å²) >= 11 is 3.56. The van der Waals surface area contributed by atoms with Gasteiger partial charge in [-0.1, -0.05) is 54.6 Å². The molecule has 1 amide bonds. The molecule has 0 heterocycles. The van der Waals surface area contributed by atoms with E-state index in [2.05, 4.69) is 26.5 Å². The van der Waals surface area contributed by atoms with Crippen LogP contribution in [0.5, 0.6) is 23.0 Å². The van der Waals surface area contributed by atoms with Crippen molar-refractivity contribution in [3.8, 4) is 23.0 Å². The average molecular weight is 589 g/mol. The third kappa shape index (κ3) is 7.85. The van der Waals surface area contributed by atoms with Gasteiger partial charge in [-0.15, -0.1) is 0 Å². The van der Waals surface area contributed by atoms with Crippen LogP contribution in [0.25, 0.3) is 0 Å². The Morgan fingerprint density at radius 1 is 0.821 bits per heavy atom. The number of carbonyl (C=O) groups excluding carboxylic acids is 1. The first-order chi connectivity index (χ1) is 19.1. The number of hydrogen-bond acceptors (Lipinski definition) is 6. The average Bonchev–Trinajstić information content (AvgIpc) is 2.97. The molecule has 1 N–H and O–H groups in total. The lowest BCUT2D eigenvalue weighted by molar-refractivity contribution is 0.0955. The maximum absolute atomic E-state index is 12.2. The molecule has 0 unspecified atom stereocenters. The topological polar surface area (TPSA) is 78.4 Å². The minimum absolute atomic E-state index is 0.286. The van der Waals surface area contributed by atoms with Crippen molar-refractivity contribution >= 4 is 28.1 Å². The van der Waals surface area contributed by atoms with E-state index in [4.69, 9.17) is 18.9 Å². The van der Waals surface area contributed by atoms with E-state index < -0.39 is 0 Å². The number of nitrogens with one attached hydrogen (secondary N) is 1. The smallest absolute Gasteiger partial charge is 0.271 e. The number of hydrazone groups is 1. The van der Waals surface area contributed by atoms with Crippen LogP contribution >= 0.6 is 15.9 Å². The van der Waals surface area contributed by atoms with Crippen LogP contribution in [0.2, 0.25) is 0 Å². The maximum Gasteiger partial charge on any atom is 0.271 e. The number of benzene rings is 4. The second-order valence-corrected chi connectivity index (χ2v) is 9.23. The van der Waals surface area contributed by atoms with Crippen molar-refractivity contribution < 1.29 is 23.7 Å². The van der Waals surface area contributed by atoms with E-state index in [9.17, 15) is 4.79 Å². The molecule has 0 saturated carbocycles. The van der Waals surface area contributed by atoms with E-state index in [1.54, 1.807) is 43.7 Å². The Morgan fingerprint density at radius 2 is 1.54 bits per heavy atom. The summed E-state index contributed by atoms with van der Waals surface area (Å²) in [5, 5.41) is 4.06. The molecular formula is C31H29BrN2O5. The molecule has 0 fully saturated rings. The first kappa shape index (κ1) is 27.7. The number of methoxy groups -OCH3 is 1. The fraction of sp³-hybridized carbons (Fsp3) is 0.161. The molecule has 0 aliphatic heterocycles. The molecule has 7 nitrogen and oxygen atoms in total. The van der Waals surface area contributed by atoms with Crippen LogP contribution in [0.1, 0.15) is 34.0 Å². The van der Waals surface area contributed by atoms with Gasteiger partial charge in [0.1, 0.15) is 13.2 Å². The molecule has 0 aromatic heterocycles. The maximum atomic E-state index is 12.2. The van der Waals surface area contributed by atoms with Gasteiger partial charge in [0.25, 0.3) is 5.91 Å². The van der Waals surface area contributed by atoms with Crippen LogP contribution in [0.4, 0.5) is 0 Å². The van der Waals surface area contributed by atoms with E-state index in [0.29, 0.717) is 46.2 Å². The number of hydrogen-bond donors (Lipinski definition) is 1. The number of nitrogens with zero attached hydrogens (tertiary/aromatic N) is 1. The highest BCUT2D eigenvalue weighted by molar-refractivity contribution is 9.10. The molecule has 0 radical (unpaired) electrons. The number of carbonyl (C=O) groups is 1. The normalized spacial score (nSPS) is 10.7. The van der Waals surface area contributed by atoms with E-state index in [1.807, 2.05) is 67.6 Å². The van der Waals surface area contributed by atoms with Gasteiger partial charge >= 0.3 is 0 Å². The second kappa shape index (κ2) is 14.0. The van der Waals surface area contributed by atoms with Gasteiger partial charge in [0.2, 0.25) is 0 Å². The molecule has 200 valence electrons. The molecule has 39 heavy (non-hydrogen) atoms. The van der Waals surface area contributed by atoms with Gasteiger partial charge in [0, 0.05) is 5.56 Å². The third-order valence-corrected chi connectivity index (χ3v) is 6.18. The largest absolute Gasteiger partial charge is 0.493 e. The molecule has 0 saturated heterocycles. The summed E-state index contributed by atoms with van der Waals surface area (Å²) in [6.07, 6.45) is 1.54. The number of rotatable bonds is 12. The fourth-order valence-electron chi connectivity index (χ4n) is 3.69. The molecule has 4 aromatic rings. The molecular weight excluding hydrogens is 560 g/mol. The molecule has 0 atom stereocenters. The zero-order valence-electron chi connectivity index (χ0n) is 21.7. The van der Waals surface area contributed by atoms with Crippen LogP contribution in [-0.4, -0.2) is 25.8 Å². The monoisotopic (exact) mass is 588 g/mol. The van der Waals surface area contributed by atoms with Crippen molar-refractivity contribution in [3.63, 3.8) is 0 Å². The van der Waals surface area contributed by atoms with Crippen LogP contribution in [0.15, 0.2) is 101 Å². The van der Waals surface area contributed by atoms with Gasteiger partial charge in [-0.25, -0.2) is 5.43 Å². The van der Waals surface area contributed by atoms with Crippen LogP contribution in [0, 0.1) is 0 Å². The van der Waals surface area contributed by atoms with Crippen LogP contribution < -0.4 is 24.4 Å².